The third kappa shape index (κ3) is 3.80. The average Bonchev–Trinajstić information content (AvgIpc) is 2.60. The van der Waals surface area contributed by atoms with Gasteiger partial charge in [0.05, 0.1) is 6.04 Å². The highest BCUT2D eigenvalue weighted by Gasteiger charge is 2.44. The van der Waals surface area contributed by atoms with E-state index in [1.165, 1.54) is 5.56 Å². The molecule has 7 heteroatoms. The minimum absolute atomic E-state index is 0.00392. The van der Waals surface area contributed by atoms with Crippen molar-refractivity contribution in [2.75, 3.05) is 40.3 Å². The molecule has 0 bridgehead atoms. The molecule has 1 atom stereocenters. The lowest BCUT2D eigenvalue weighted by molar-refractivity contribution is -0.138. The van der Waals surface area contributed by atoms with Crippen LogP contribution in [-0.4, -0.2) is 80.0 Å². The van der Waals surface area contributed by atoms with E-state index in [2.05, 4.69) is 12.1 Å². The smallest absolute Gasteiger partial charge is 0.239 e. The lowest BCUT2D eigenvalue weighted by atomic mass is 9.90. The van der Waals surface area contributed by atoms with Crippen molar-refractivity contribution in [2.24, 2.45) is 0 Å². The van der Waals surface area contributed by atoms with Gasteiger partial charge in [-0.1, -0.05) is 30.3 Å². The molecule has 2 fully saturated rings. The van der Waals surface area contributed by atoms with Crippen molar-refractivity contribution < 1.29 is 13.2 Å². The molecule has 26 heavy (non-hydrogen) atoms. The van der Waals surface area contributed by atoms with Gasteiger partial charge in [-0.05, 0) is 45.3 Å². The number of likely N-dealkylation sites (N-methyl/N-ethyl adjacent to an activating group) is 1. The summed E-state index contributed by atoms with van der Waals surface area (Å²) in [4.78, 5) is 15.8. The summed E-state index contributed by atoms with van der Waals surface area (Å²) in [7, 11) is 0.392. The van der Waals surface area contributed by atoms with E-state index in [0.29, 0.717) is 32.1 Å². The molecular weight excluding hydrogens is 350 g/mol. The van der Waals surface area contributed by atoms with E-state index in [0.717, 1.165) is 12.8 Å². The molecule has 1 aromatic rings. The van der Waals surface area contributed by atoms with Crippen LogP contribution in [0.3, 0.4) is 0 Å². The summed E-state index contributed by atoms with van der Waals surface area (Å²) in [6, 6.07) is 10.1. The molecule has 144 valence electrons. The Hall–Kier alpha value is -1.44. The van der Waals surface area contributed by atoms with Crippen LogP contribution in [0.15, 0.2) is 30.3 Å². The number of hydrogen-bond donors (Lipinski definition) is 0. The zero-order valence-corrected chi connectivity index (χ0v) is 16.7. The number of hydrogen-bond acceptors (Lipinski definition) is 4. The van der Waals surface area contributed by atoms with Crippen LogP contribution in [0.1, 0.15) is 31.2 Å². The molecule has 0 aromatic heterocycles. The van der Waals surface area contributed by atoms with Gasteiger partial charge in [-0.15, -0.1) is 0 Å². The first-order chi connectivity index (χ1) is 12.3. The van der Waals surface area contributed by atoms with Crippen molar-refractivity contribution in [3.8, 4) is 0 Å². The second-order valence-corrected chi connectivity index (χ2v) is 9.85. The first kappa shape index (κ1) is 19.3. The number of sulfonamides is 1. The second kappa shape index (κ2) is 7.66. The predicted octanol–water partition coefficient (Wildman–Crippen LogP) is 1.36. The van der Waals surface area contributed by atoms with Gasteiger partial charge < -0.3 is 4.90 Å². The number of nitrogens with zero attached hydrogens (tertiary/aromatic N) is 3. The standard InChI is InChI=1S/C19H29N3O3S/c1-15(20(2)3)19(23)21-13-18(14-21)26(24,25)22-11-9-17(10-12-22)16-7-5-4-6-8-16/h4-8,15,17-18H,9-14H2,1-3H3. The molecule has 0 spiro atoms. The van der Waals surface area contributed by atoms with Gasteiger partial charge in [-0.3, -0.25) is 9.69 Å². The summed E-state index contributed by atoms with van der Waals surface area (Å²) in [5, 5.41) is -0.450. The molecule has 2 heterocycles. The summed E-state index contributed by atoms with van der Waals surface area (Å²) < 4.78 is 27.4. The third-order valence-electron chi connectivity index (χ3n) is 5.80. The summed E-state index contributed by atoms with van der Waals surface area (Å²) in [6.45, 7) is 3.62. The van der Waals surface area contributed by atoms with E-state index in [1.54, 1.807) is 9.21 Å². The monoisotopic (exact) mass is 379 g/mol. The van der Waals surface area contributed by atoms with Crippen LogP contribution >= 0.6 is 0 Å². The van der Waals surface area contributed by atoms with Crippen LogP contribution in [0.4, 0.5) is 0 Å². The maximum Gasteiger partial charge on any atom is 0.239 e. The minimum atomic E-state index is -3.32. The number of piperidine rings is 1. The Labute approximate surface area is 156 Å². The Morgan fingerprint density at radius 3 is 2.23 bits per heavy atom. The molecule has 2 aliphatic rings. The second-order valence-electron chi connectivity index (χ2n) is 7.63. The van der Waals surface area contributed by atoms with Crippen LogP contribution in [0.2, 0.25) is 0 Å². The quantitative estimate of drug-likeness (QED) is 0.775. The minimum Gasteiger partial charge on any atom is -0.338 e. The lowest BCUT2D eigenvalue weighted by Crippen LogP contribution is -2.62. The fourth-order valence-electron chi connectivity index (χ4n) is 3.67. The van der Waals surface area contributed by atoms with Crippen molar-refractivity contribution in [3.05, 3.63) is 35.9 Å². The topological polar surface area (TPSA) is 60.9 Å². The van der Waals surface area contributed by atoms with Crippen LogP contribution in [-0.2, 0) is 14.8 Å². The molecule has 1 aromatic carbocycles. The first-order valence-electron chi connectivity index (χ1n) is 9.30. The molecule has 0 N–H and O–H groups in total. The zero-order valence-electron chi connectivity index (χ0n) is 15.8. The molecule has 2 aliphatic heterocycles. The van der Waals surface area contributed by atoms with Crippen LogP contribution in [0, 0.1) is 0 Å². The Bertz CT molecular complexity index is 722. The maximum atomic E-state index is 12.9. The zero-order chi connectivity index (χ0) is 18.9. The van der Waals surface area contributed by atoms with Gasteiger partial charge in [0.1, 0.15) is 5.25 Å². The lowest BCUT2D eigenvalue weighted by Gasteiger charge is -2.43. The predicted molar refractivity (Wildman–Crippen MR) is 102 cm³/mol. The molecule has 1 unspecified atom stereocenters. The molecular formula is C19H29N3O3S. The van der Waals surface area contributed by atoms with Gasteiger partial charge in [-0.25, -0.2) is 12.7 Å². The first-order valence-corrected chi connectivity index (χ1v) is 10.8. The largest absolute Gasteiger partial charge is 0.338 e. The van der Waals surface area contributed by atoms with E-state index >= 15 is 0 Å². The maximum absolute atomic E-state index is 12.9. The van der Waals surface area contributed by atoms with Crippen molar-refractivity contribution >= 4 is 15.9 Å². The van der Waals surface area contributed by atoms with Crippen LogP contribution < -0.4 is 0 Å². The SMILES string of the molecule is CC(C(=O)N1CC(S(=O)(=O)N2CCC(c3ccccc3)CC2)C1)N(C)C. The number of amides is 1. The fraction of sp³-hybridized carbons (Fsp3) is 0.632. The van der Waals surface area contributed by atoms with E-state index in [-0.39, 0.29) is 11.9 Å². The van der Waals surface area contributed by atoms with E-state index in [4.69, 9.17) is 0 Å². The Morgan fingerprint density at radius 1 is 1.12 bits per heavy atom. The van der Waals surface area contributed by atoms with Crippen molar-refractivity contribution in [1.82, 2.24) is 14.1 Å². The summed E-state index contributed by atoms with van der Waals surface area (Å²) in [5.41, 5.74) is 1.29. The third-order valence-corrected chi connectivity index (χ3v) is 8.02. The fourth-order valence-corrected chi connectivity index (χ4v) is 5.55. The van der Waals surface area contributed by atoms with Crippen molar-refractivity contribution in [3.63, 3.8) is 0 Å². The molecule has 0 saturated carbocycles. The Kier molecular flexibility index (Phi) is 5.69. The van der Waals surface area contributed by atoms with Gasteiger partial charge in [-0.2, -0.15) is 0 Å². The summed E-state index contributed by atoms with van der Waals surface area (Å²) in [6.07, 6.45) is 1.71. The van der Waals surface area contributed by atoms with E-state index in [9.17, 15) is 13.2 Å². The summed E-state index contributed by atoms with van der Waals surface area (Å²) in [5.74, 6) is 0.437. The molecule has 0 aliphatic carbocycles. The van der Waals surface area contributed by atoms with Crippen LogP contribution in [0.5, 0.6) is 0 Å². The molecule has 2 saturated heterocycles. The highest BCUT2D eigenvalue weighted by molar-refractivity contribution is 7.89. The van der Waals surface area contributed by atoms with Gasteiger partial charge in [0.25, 0.3) is 0 Å². The number of carbonyl (C=O) groups is 1. The molecule has 1 amide bonds. The molecule has 6 nitrogen and oxygen atoms in total. The number of benzene rings is 1. The highest BCUT2D eigenvalue weighted by Crippen LogP contribution is 2.31. The summed E-state index contributed by atoms with van der Waals surface area (Å²) >= 11 is 0. The Morgan fingerprint density at radius 2 is 1.69 bits per heavy atom. The number of carbonyl (C=O) groups excluding carboxylic acids is 1. The molecule has 0 radical (unpaired) electrons. The normalized spacial score (nSPS) is 21.6. The van der Waals surface area contributed by atoms with E-state index in [1.807, 2.05) is 44.1 Å². The van der Waals surface area contributed by atoms with Crippen molar-refractivity contribution in [2.45, 2.75) is 37.0 Å². The average molecular weight is 380 g/mol. The van der Waals surface area contributed by atoms with Crippen LogP contribution in [0.25, 0.3) is 0 Å². The van der Waals surface area contributed by atoms with Gasteiger partial charge >= 0.3 is 0 Å². The van der Waals surface area contributed by atoms with E-state index < -0.39 is 15.3 Å². The molecule has 3 rings (SSSR count). The number of rotatable bonds is 5. The van der Waals surface area contributed by atoms with Gasteiger partial charge in [0.2, 0.25) is 15.9 Å². The van der Waals surface area contributed by atoms with Crippen molar-refractivity contribution in [1.29, 1.82) is 0 Å². The van der Waals surface area contributed by atoms with Gasteiger partial charge in [0, 0.05) is 26.2 Å². The van der Waals surface area contributed by atoms with Gasteiger partial charge in [0.15, 0.2) is 0 Å². The Balaban J connectivity index is 1.54. The highest BCUT2D eigenvalue weighted by atomic mass is 32.2. The number of likely N-dealkylation sites (tertiary alicyclic amines) is 1.